The lowest BCUT2D eigenvalue weighted by Crippen LogP contribution is -2.12. The molecular weight excluding hydrogens is 238 g/mol. The first-order valence-corrected chi connectivity index (χ1v) is 5.74. The van der Waals surface area contributed by atoms with Crippen molar-refractivity contribution in [3.63, 3.8) is 0 Å². The van der Waals surface area contributed by atoms with Crippen molar-refractivity contribution in [2.24, 2.45) is 0 Å². The number of ketones is 1. The Labute approximate surface area is 104 Å². The van der Waals surface area contributed by atoms with Crippen LogP contribution in [0.5, 0.6) is 0 Å². The van der Waals surface area contributed by atoms with Gasteiger partial charge in [-0.2, -0.15) is 5.10 Å². The summed E-state index contributed by atoms with van der Waals surface area (Å²) in [6, 6.07) is 5.49. The Morgan fingerprint density at radius 1 is 1.47 bits per heavy atom. The van der Waals surface area contributed by atoms with E-state index in [0.717, 1.165) is 5.69 Å². The van der Waals surface area contributed by atoms with Crippen molar-refractivity contribution in [3.05, 3.63) is 47.0 Å². The van der Waals surface area contributed by atoms with Gasteiger partial charge in [0.15, 0.2) is 5.78 Å². The topological polar surface area (TPSA) is 47.8 Å². The standard InChI is InChI=1S/C12H12ClN3O/c1-2-16-12(10(13)8-15-16)11(17)7-9-5-3-4-6-14-9/h3-6,8H,2,7H2,1H3. The van der Waals surface area contributed by atoms with Gasteiger partial charge in [0.05, 0.1) is 17.6 Å². The average molecular weight is 250 g/mol. The summed E-state index contributed by atoms with van der Waals surface area (Å²) in [4.78, 5) is 16.2. The van der Waals surface area contributed by atoms with Crippen LogP contribution < -0.4 is 0 Å². The molecular formula is C12H12ClN3O. The van der Waals surface area contributed by atoms with E-state index in [0.29, 0.717) is 17.3 Å². The van der Waals surface area contributed by atoms with Gasteiger partial charge in [-0.05, 0) is 19.1 Å². The predicted molar refractivity (Wildman–Crippen MR) is 65.2 cm³/mol. The van der Waals surface area contributed by atoms with Gasteiger partial charge in [-0.15, -0.1) is 0 Å². The summed E-state index contributed by atoms with van der Waals surface area (Å²) >= 11 is 5.96. The molecule has 0 aliphatic carbocycles. The lowest BCUT2D eigenvalue weighted by Gasteiger charge is -2.04. The molecule has 0 saturated heterocycles. The predicted octanol–water partition coefficient (Wildman–Crippen LogP) is 2.38. The first-order valence-electron chi connectivity index (χ1n) is 5.36. The quantitative estimate of drug-likeness (QED) is 0.782. The van der Waals surface area contributed by atoms with Crippen molar-refractivity contribution in [2.45, 2.75) is 19.9 Å². The van der Waals surface area contributed by atoms with E-state index in [9.17, 15) is 4.79 Å². The van der Waals surface area contributed by atoms with Gasteiger partial charge < -0.3 is 0 Å². The van der Waals surface area contributed by atoms with Crippen molar-refractivity contribution in [1.82, 2.24) is 14.8 Å². The molecule has 88 valence electrons. The number of hydrogen-bond donors (Lipinski definition) is 0. The van der Waals surface area contributed by atoms with Crippen molar-refractivity contribution in [3.8, 4) is 0 Å². The summed E-state index contributed by atoms with van der Waals surface area (Å²) < 4.78 is 1.60. The minimum atomic E-state index is -0.0620. The highest BCUT2D eigenvalue weighted by molar-refractivity contribution is 6.33. The van der Waals surface area contributed by atoms with Gasteiger partial charge in [-0.3, -0.25) is 14.5 Å². The monoisotopic (exact) mass is 249 g/mol. The average Bonchev–Trinajstić information content (AvgIpc) is 2.71. The fourth-order valence-corrected chi connectivity index (χ4v) is 1.88. The molecule has 0 saturated carbocycles. The van der Waals surface area contributed by atoms with Gasteiger partial charge in [0, 0.05) is 18.4 Å². The normalized spacial score (nSPS) is 10.5. The number of rotatable bonds is 4. The van der Waals surface area contributed by atoms with Gasteiger partial charge in [0.25, 0.3) is 0 Å². The summed E-state index contributed by atoms with van der Waals surface area (Å²) in [5, 5.41) is 4.44. The zero-order valence-electron chi connectivity index (χ0n) is 9.43. The van der Waals surface area contributed by atoms with Crippen LogP contribution in [-0.2, 0) is 13.0 Å². The molecule has 17 heavy (non-hydrogen) atoms. The first kappa shape index (κ1) is 11.8. The largest absolute Gasteiger partial charge is 0.292 e. The van der Waals surface area contributed by atoms with E-state index in [2.05, 4.69) is 10.1 Å². The molecule has 5 heteroatoms. The molecule has 0 unspecified atom stereocenters. The number of aromatic nitrogens is 3. The Morgan fingerprint density at radius 2 is 2.29 bits per heavy atom. The van der Waals surface area contributed by atoms with Crippen LogP contribution in [-0.4, -0.2) is 20.5 Å². The minimum absolute atomic E-state index is 0.0620. The van der Waals surface area contributed by atoms with Crippen molar-refractivity contribution >= 4 is 17.4 Å². The number of Topliss-reactive ketones (excluding diaryl/α,β-unsaturated/α-hetero) is 1. The molecule has 2 rings (SSSR count). The van der Waals surface area contributed by atoms with Crippen LogP contribution in [0.25, 0.3) is 0 Å². The van der Waals surface area contributed by atoms with E-state index in [1.807, 2.05) is 25.1 Å². The van der Waals surface area contributed by atoms with Crippen LogP contribution in [0.3, 0.4) is 0 Å². The Bertz CT molecular complexity index is 522. The van der Waals surface area contributed by atoms with E-state index in [-0.39, 0.29) is 12.2 Å². The zero-order valence-corrected chi connectivity index (χ0v) is 10.2. The summed E-state index contributed by atoms with van der Waals surface area (Å²) in [7, 11) is 0. The van der Waals surface area contributed by atoms with Crippen molar-refractivity contribution < 1.29 is 4.79 Å². The zero-order chi connectivity index (χ0) is 12.3. The van der Waals surface area contributed by atoms with Crippen LogP contribution >= 0.6 is 11.6 Å². The maximum Gasteiger partial charge on any atom is 0.188 e. The number of hydrogen-bond acceptors (Lipinski definition) is 3. The van der Waals surface area contributed by atoms with Crippen LogP contribution in [0.15, 0.2) is 30.6 Å². The van der Waals surface area contributed by atoms with E-state index in [1.165, 1.54) is 6.20 Å². The SMILES string of the molecule is CCn1ncc(Cl)c1C(=O)Cc1ccccn1. The molecule has 0 aromatic carbocycles. The molecule has 4 nitrogen and oxygen atoms in total. The third-order valence-corrected chi connectivity index (χ3v) is 2.70. The van der Waals surface area contributed by atoms with E-state index in [4.69, 9.17) is 11.6 Å². The van der Waals surface area contributed by atoms with Crippen LogP contribution in [0.2, 0.25) is 5.02 Å². The lowest BCUT2D eigenvalue weighted by atomic mass is 10.1. The van der Waals surface area contributed by atoms with E-state index >= 15 is 0 Å². The minimum Gasteiger partial charge on any atom is -0.292 e. The van der Waals surface area contributed by atoms with Crippen LogP contribution in [0.4, 0.5) is 0 Å². The molecule has 0 radical (unpaired) electrons. The molecule has 0 aliphatic rings. The Morgan fingerprint density at radius 3 is 2.94 bits per heavy atom. The summed E-state index contributed by atoms with van der Waals surface area (Å²) in [6.45, 7) is 2.54. The highest BCUT2D eigenvalue weighted by Gasteiger charge is 2.17. The number of carbonyl (C=O) groups is 1. The Hall–Kier alpha value is -1.68. The highest BCUT2D eigenvalue weighted by atomic mass is 35.5. The first-order chi connectivity index (χ1) is 8.22. The molecule has 0 N–H and O–H groups in total. The number of carbonyl (C=O) groups excluding carboxylic acids is 1. The Balaban J connectivity index is 2.23. The second-order valence-electron chi connectivity index (χ2n) is 3.58. The van der Waals surface area contributed by atoms with Gasteiger partial charge in [-0.25, -0.2) is 0 Å². The molecule has 0 amide bonds. The maximum absolute atomic E-state index is 12.1. The maximum atomic E-state index is 12.1. The summed E-state index contributed by atoms with van der Waals surface area (Å²) in [5.41, 5.74) is 1.19. The van der Waals surface area contributed by atoms with Crippen LogP contribution in [0.1, 0.15) is 23.1 Å². The summed E-state index contributed by atoms with van der Waals surface area (Å²) in [5.74, 6) is -0.0620. The molecule has 0 fully saturated rings. The fraction of sp³-hybridized carbons (Fsp3) is 0.250. The van der Waals surface area contributed by atoms with Crippen molar-refractivity contribution in [1.29, 1.82) is 0 Å². The molecule has 0 bridgehead atoms. The number of nitrogens with zero attached hydrogens (tertiary/aromatic N) is 3. The molecule has 2 aromatic heterocycles. The molecule has 2 aromatic rings. The smallest absolute Gasteiger partial charge is 0.188 e. The fourth-order valence-electron chi connectivity index (χ4n) is 1.63. The number of aryl methyl sites for hydroxylation is 1. The van der Waals surface area contributed by atoms with Gasteiger partial charge in [0.1, 0.15) is 5.69 Å². The van der Waals surface area contributed by atoms with Gasteiger partial charge in [-0.1, -0.05) is 17.7 Å². The second kappa shape index (κ2) is 5.10. The van der Waals surface area contributed by atoms with Crippen molar-refractivity contribution in [2.75, 3.05) is 0 Å². The molecule has 0 aliphatic heterocycles. The van der Waals surface area contributed by atoms with Crippen LogP contribution in [0, 0.1) is 0 Å². The molecule has 0 atom stereocenters. The Kier molecular flexibility index (Phi) is 3.54. The van der Waals surface area contributed by atoms with E-state index < -0.39 is 0 Å². The number of pyridine rings is 1. The lowest BCUT2D eigenvalue weighted by molar-refractivity contribution is 0.0982. The van der Waals surface area contributed by atoms with Gasteiger partial charge in [0.2, 0.25) is 0 Å². The number of halogens is 1. The second-order valence-corrected chi connectivity index (χ2v) is 3.99. The summed E-state index contributed by atoms with van der Waals surface area (Å²) in [6.07, 6.45) is 3.41. The third-order valence-electron chi connectivity index (χ3n) is 2.43. The molecule has 2 heterocycles. The third kappa shape index (κ3) is 2.53. The van der Waals surface area contributed by atoms with E-state index in [1.54, 1.807) is 10.9 Å². The van der Waals surface area contributed by atoms with Gasteiger partial charge >= 0.3 is 0 Å². The molecule has 0 spiro atoms. The highest BCUT2D eigenvalue weighted by Crippen LogP contribution is 2.17.